The first-order chi connectivity index (χ1) is 21.2. The SMILES string of the molecule is CC1(COC(=O)[C@]23Cc4cnn(-c5ccc(F)cc5)c4C=C2CCN(S(=O)(=O)c2ccc(N4CCOCC4)nc2)C3)COC1. The molecule has 7 rings (SSSR count). The maximum Gasteiger partial charge on any atom is 0.317 e. The van der Waals surface area contributed by atoms with Gasteiger partial charge in [-0.05, 0) is 66.5 Å². The van der Waals surface area contributed by atoms with Crippen LogP contribution in [0.1, 0.15) is 24.6 Å². The third kappa shape index (κ3) is 5.11. The van der Waals surface area contributed by atoms with Gasteiger partial charge in [-0.1, -0.05) is 6.92 Å². The molecule has 0 radical (unpaired) electrons. The van der Waals surface area contributed by atoms with Gasteiger partial charge in [-0.25, -0.2) is 22.5 Å². The Balaban J connectivity index is 1.20. The minimum Gasteiger partial charge on any atom is -0.464 e. The number of carbonyl (C=O) groups excluding carboxylic acids is 1. The van der Waals surface area contributed by atoms with Crippen LogP contribution in [0.25, 0.3) is 11.8 Å². The summed E-state index contributed by atoms with van der Waals surface area (Å²) in [6.45, 7) is 5.88. The van der Waals surface area contributed by atoms with E-state index < -0.39 is 21.4 Å². The van der Waals surface area contributed by atoms with Crippen molar-refractivity contribution in [2.75, 3.05) is 64.1 Å². The van der Waals surface area contributed by atoms with Crippen molar-refractivity contribution in [1.29, 1.82) is 0 Å². The van der Waals surface area contributed by atoms with E-state index in [-0.39, 0.29) is 42.2 Å². The number of rotatable bonds is 7. The Bertz CT molecular complexity index is 1700. The minimum atomic E-state index is -3.97. The van der Waals surface area contributed by atoms with Crippen molar-refractivity contribution in [1.82, 2.24) is 19.1 Å². The highest BCUT2D eigenvalue weighted by molar-refractivity contribution is 7.89. The fourth-order valence-corrected chi connectivity index (χ4v) is 7.79. The highest BCUT2D eigenvalue weighted by Gasteiger charge is 2.52. The van der Waals surface area contributed by atoms with Crippen LogP contribution in [0.5, 0.6) is 0 Å². The first-order valence-electron chi connectivity index (χ1n) is 14.7. The summed E-state index contributed by atoms with van der Waals surface area (Å²) in [5, 5.41) is 4.54. The molecule has 0 saturated carbocycles. The Morgan fingerprint density at radius 3 is 2.50 bits per heavy atom. The van der Waals surface area contributed by atoms with Crippen LogP contribution in [0.15, 0.2) is 59.3 Å². The maximum atomic E-state index is 14.1. The van der Waals surface area contributed by atoms with Crippen LogP contribution in [0.2, 0.25) is 0 Å². The molecular formula is C31H34FN5O6S. The van der Waals surface area contributed by atoms with Gasteiger partial charge in [-0.15, -0.1) is 0 Å². The van der Waals surface area contributed by atoms with Crippen molar-refractivity contribution in [2.24, 2.45) is 10.8 Å². The number of esters is 1. The number of morpholine rings is 1. The van der Waals surface area contributed by atoms with Crippen molar-refractivity contribution >= 4 is 27.9 Å². The normalized spacial score (nSPS) is 23.2. The second-order valence-corrected chi connectivity index (χ2v) is 14.2. The first kappa shape index (κ1) is 29.1. The number of sulfonamides is 1. The van der Waals surface area contributed by atoms with Crippen molar-refractivity contribution in [3.8, 4) is 5.69 Å². The Morgan fingerprint density at radius 2 is 1.82 bits per heavy atom. The number of hydrogen-bond donors (Lipinski definition) is 0. The summed E-state index contributed by atoms with van der Waals surface area (Å²) >= 11 is 0. The van der Waals surface area contributed by atoms with E-state index in [1.54, 1.807) is 35.1 Å². The van der Waals surface area contributed by atoms with Crippen molar-refractivity contribution < 1.29 is 31.8 Å². The zero-order valence-corrected chi connectivity index (χ0v) is 25.3. The number of anilines is 1. The quantitative estimate of drug-likeness (QED) is 0.367. The van der Waals surface area contributed by atoms with Crippen LogP contribution in [-0.2, 0) is 35.4 Å². The molecule has 3 saturated heterocycles. The Hall–Kier alpha value is -3.65. The fraction of sp³-hybridized carbons (Fsp3) is 0.452. The van der Waals surface area contributed by atoms with Gasteiger partial charge in [0.2, 0.25) is 10.0 Å². The lowest BCUT2D eigenvalue weighted by molar-refractivity contribution is -0.174. The van der Waals surface area contributed by atoms with Crippen molar-refractivity contribution in [3.63, 3.8) is 0 Å². The Morgan fingerprint density at radius 1 is 1.05 bits per heavy atom. The van der Waals surface area contributed by atoms with Gasteiger partial charge in [0.15, 0.2) is 0 Å². The summed E-state index contributed by atoms with van der Waals surface area (Å²) in [6, 6.07) is 9.33. The maximum absolute atomic E-state index is 14.1. The lowest BCUT2D eigenvalue weighted by atomic mass is 9.68. The molecule has 0 spiro atoms. The van der Waals surface area contributed by atoms with Crippen LogP contribution >= 0.6 is 0 Å². The number of nitrogens with zero attached hydrogens (tertiary/aromatic N) is 5. The largest absolute Gasteiger partial charge is 0.464 e. The molecule has 0 unspecified atom stereocenters. The Kier molecular flexibility index (Phi) is 7.31. The highest BCUT2D eigenvalue weighted by atomic mass is 32.2. The van der Waals surface area contributed by atoms with Crippen molar-refractivity contribution in [3.05, 3.63) is 71.4 Å². The van der Waals surface area contributed by atoms with Crippen LogP contribution in [0.3, 0.4) is 0 Å². The summed E-state index contributed by atoms with van der Waals surface area (Å²) in [5.74, 6) is -0.111. The van der Waals surface area contributed by atoms with E-state index in [0.29, 0.717) is 57.4 Å². The summed E-state index contributed by atoms with van der Waals surface area (Å²) in [7, 11) is -3.97. The Labute approximate surface area is 255 Å². The third-order valence-corrected chi connectivity index (χ3v) is 10.8. The summed E-state index contributed by atoms with van der Waals surface area (Å²) < 4.78 is 61.3. The van der Waals surface area contributed by atoms with Crippen LogP contribution in [0.4, 0.5) is 10.2 Å². The van der Waals surface area contributed by atoms with E-state index >= 15 is 0 Å². The van der Waals surface area contributed by atoms with E-state index in [9.17, 15) is 17.6 Å². The summed E-state index contributed by atoms with van der Waals surface area (Å²) in [4.78, 5) is 20.7. The van der Waals surface area contributed by atoms with Crippen LogP contribution in [0, 0.1) is 16.6 Å². The number of halogens is 1. The molecule has 2 aromatic heterocycles. The fourth-order valence-electron chi connectivity index (χ4n) is 6.34. The zero-order chi connectivity index (χ0) is 30.5. The predicted octanol–water partition coefficient (Wildman–Crippen LogP) is 2.84. The average molecular weight is 624 g/mol. The number of hydrogen-bond acceptors (Lipinski definition) is 9. The molecule has 0 amide bonds. The molecule has 5 heterocycles. The number of carbonyl (C=O) groups is 1. The number of aromatic nitrogens is 3. The lowest BCUT2D eigenvalue weighted by Crippen LogP contribution is -2.54. The van der Waals surface area contributed by atoms with Gasteiger partial charge in [-0.3, -0.25) is 4.79 Å². The molecule has 13 heteroatoms. The second kappa shape index (κ2) is 11.1. The standard InChI is InChI=1S/C31H34FN5O6S/c1-30(19-42-20-30)21-43-29(38)31-15-22-16-34-37(25-4-2-24(32)3-5-25)27(22)14-23(31)8-9-36(18-31)44(39,40)26-6-7-28(33-17-26)35-10-12-41-13-11-35/h2-7,14,16-17H,8-13,15,18-21H2,1H3/t31-/m0/s1. The molecule has 3 fully saturated rings. The van der Waals surface area contributed by atoms with E-state index in [0.717, 1.165) is 16.8 Å². The monoisotopic (exact) mass is 623 g/mol. The van der Waals surface area contributed by atoms with Gasteiger partial charge < -0.3 is 19.1 Å². The molecule has 4 aliphatic rings. The van der Waals surface area contributed by atoms with Gasteiger partial charge in [-0.2, -0.15) is 9.40 Å². The average Bonchev–Trinajstić information content (AvgIpc) is 3.44. The number of ether oxygens (including phenoxy) is 3. The van der Waals surface area contributed by atoms with E-state index in [1.807, 2.05) is 13.0 Å². The predicted molar refractivity (Wildman–Crippen MR) is 158 cm³/mol. The molecule has 1 aliphatic carbocycles. The minimum absolute atomic E-state index is 0.0698. The summed E-state index contributed by atoms with van der Waals surface area (Å²) in [6.07, 6.45) is 5.56. The third-order valence-electron chi connectivity index (χ3n) is 8.99. The van der Waals surface area contributed by atoms with Gasteiger partial charge in [0.1, 0.15) is 28.6 Å². The molecule has 11 nitrogen and oxygen atoms in total. The molecule has 3 aromatic rings. The van der Waals surface area contributed by atoms with Crippen LogP contribution in [-0.4, -0.2) is 92.7 Å². The molecule has 0 bridgehead atoms. The van der Waals surface area contributed by atoms with E-state index in [1.165, 1.54) is 22.6 Å². The van der Waals surface area contributed by atoms with Gasteiger partial charge in [0.05, 0.1) is 44.0 Å². The first-order valence-corrected chi connectivity index (χ1v) is 16.2. The molecule has 3 aliphatic heterocycles. The van der Waals surface area contributed by atoms with Crippen LogP contribution < -0.4 is 4.90 Å². The number of fused-ring (bicyclic) bond motifs is 2. The molecule has 44 heavy (non-hydrogen) atoms. The summed E-state index contributed by atoms with van der Waals surface area (Å²) in [5.41, 5.74) is 1.55. The zero-order valence-electron chi connectivity index (χ0n) is 24.4. The lowest BCUT2D eigenvalue weighted by Gasteiger charge is -2.45. The number of piperidine rings is 1. The van der Waals surface area contributed by atoms with Gasteiger partial charge in [0.25, 0.3) is 0 Å². The smallest absolute Gasteiger partial charge is 0.317 e. The molecule has 1 atom stereocenters. The van der Waals surface area contributed by atoms with E-state index in [4.69, 9.17) is 14.2 Å². The highest BCUT2D eigenvalue weighted by Crippen LogP contribution is 2.46. The van der Waals surface area contributed by atoms with E-state index in [2.05, 4.69) is 15.0 Å². The topological polar surface area (TPSA) is 116 Å². The molecule has 0 N–H and O–H groups in total. The number of pyridine rings is 1. The molecular weight excluding hydrogens is 589 g/mol. The number of benzene rings is 1. The van der Waals surface area contributed by atoms with Gasteiger partial charge in [0, 0.05) is 37.8 Å². The van der Waals surface area contributed by atoms with Gasteiger partial charge >= 0.3 is 5.97 Å². The van der Waals surface area contributed by atoms with Crippen molar-refractivity contribution in [2.45, 2.75) is 24.7 Å². The molecule has 1 aromatic carbocycles. The molecule has 232 valence electrons. The second-order valence-electron chi connectivity index (χ2n) is 12.3.